The van der Waals surface area contributed by atoms with Crippen LogP contribution in [0.5, 0.6) is 0 Å². The van der Waals surface area contributed by atoms with E-state index in [-0.39, 0.29) is 5.95 Å². The van der Waals surface area contributed by atoms with Gasteiger partial charge in [0.25, 0.3) is 5.91 Å². The quantitative estimate of drug-likeness (QED) is 0.905. The second-order valence-corrected chi connectivity index (χ2v) is 3.81. The highest BCUT2D eigenvalue weighted by molar-refractivity contribution is 5.93. The van der Waals surface area contributed by atoms with Crippen LogP contribution >= 0.6 is 0 Å². The van der Waals surface area contributed by atoms with Crippen molar-refractivity contribution in [3.8, 4) is 0 Å². The van der Waals surface area contributed by atoms with Crippen LogP contribution in [-0.4, -0.2) is 15.9 Å². The number of nitrogens with one attached hydrogen (secondary N) is 1. The molecule has 104 valence electrons. The highest BCUT2D eigenvalue weighted by Crippen LogP contribution is 2.30. The Morgan fingerprint density at radius 2 is 1.85 bits per heavy atom. The van der Waals surface area contributed by atoms with Crippen molar-refractivity contribution in [2.45, 2.75) is 6.18 Å². The standard InChI is InChI=1S/C12H9F3N4O/c13-12(14,15)9-8(10(16)20)6-17-11(19-9)18-7-4-2-1-3-5-7/h1-6H,(H2,16,20)(H,17,18,19). The molecule has 5 nitrogen and oxygen atoms in total. The first kappa shape index (κ1) is 13.8. The maximum atomic E-state index is 12.8. The van der Waals surface area contributed by atoms with Gasteiger partial charge in [-0.3, -0.25) is 4.79 Å². The van der Waals surface area contributed by atoms with E-state index >= 15 is 0 Å². The normalized spacial score (nSPS) is 11.2. The predicted molar refractivity (Wildman–Crippen MR) is 65.3 cm³/mol. The minimum absolute atomic E-state index is 0.270. The fraction of sp³-hybridized carbons (Fsp3) is 0.0833. The summed E-state index contributed by atoms with van der Waals surface area (Å²) in [5, 5.41) is 2.61. The molecule has 0 radical (unpaired) electrons. The SMILES string of the molecule is NC(=O)c1cnc(Nc2ccccc2)nc1C(F)(F)F. The summed E-state index contributed by atoms with van der Waals surface area (Å²) in [5.41, 5.74) is 3.27. The van der Waals surface area contributed by atoms with Gasteiger partial charge >= 0.3 is 6.18 Å². The molecule has 0 unspecified atom stereocenters. The zero-order valence-electron chi connectivity index (χ0n) is 9.98. The van der Waals surface area contributed by atoms with Gasteiger partial charge in [0, 0.05) is 11.9 Å². The van der Waals surface area contributed by atoms with E-state index in [9.17, 15) is 18.0 Å². The van der Waals surface area contributed by atoms with Crippen molar-refractivity contribution in [2.24, 2.45) is 5.73 Å². The first-order valence-electron chi connectivity index (χ1n) is 5.44. The number of anilines is 2. The molecule has 0 aliphatic carbocycles. The van der Waals surface area contributed by atoms with Gasteiger partial charge in [0.05, 0.1) is 5.56 Å². The van der Waals surface area contributed by atoms with Crippen molar-refractivity contribution >= 4 is 17.5 Å². The molecule has 0 aliphatic heterocycles. The molecule has 0 saturated heterocycles. The molecule has 2 aromatic rings. The monoisotopic (exact) mass is 282 g/mol. The Labute approximate surface area is 111 Å². The van der Waals surface area contributed by atoms with Gasteiger partial charge < -0.3 is 11.1 Å². The fourth-order valence-corrected chi connectivity index (χ4v) is 1.49. The summed E-state index contributed by atoms with van der Waals surface area (Å²) >= 11 is 0. The van der Waals surface area contributed by atoms with Crippen molar-refractivity contribution in [3.63, 3.8) is 0 Å². The van der Waals surface area contributed by atoms with Crippen LogP contribution in [-0.2, 0) is 6.18 Å². The number of carbonyl (C=O) groups is 1. The molecule has 0 aliphatic rings. The third-order valence-electron chi connectivity index (χ3n) is 2.35. The lowest BCUT2D eigenvalue weighted by Crippen LogP contribution is -2.21. The van der Waals surface area contributed by atoms with Crippen LogP contribution in [0, 0.1) is 0 Å². The first-order chi connectivity index (χ1) is 9.38. The van der Waals surface area contributed by atoms with E-state index in [0.717, 1.165) is 6.20 Å². The number of carbonyl (C=O) groups excluding carboxylic acids is 1. The molecular weight excluding hydrogens is 273 g/mol. The van der Waals surface area contributed by atoms with Crippen molar-refractivity contribution < 1.29 is 18.0 Å². The first-order valence-corrected chi connectivity index (χ1v) is 5.44. The number of nitrogens with two attached hydrogens (primary N) is 1. The lowest BCUT2D eigenvalue weighted by molar-refractivity contribution is -0.141. The molecule has 0 spiro atoms. The second-order valence-electron chi connectivity index (χ2n) is 3.81. The number of rotatable bonds is 3. The van der Waals surface area contributed by atoms with E-state index in [4.69, 9.17) is 5.73 Å². The Hall–Kier alpha value is -2.64. The maximum Gasteiger partial charge on any atom is 0.434 e. The number of aromatic nitrogens is 2. The summed E-state index contributed by atoms with van der Waals surface area (Å²) in [7, 11) is 0. The van der Waals surface area contributed by atoms with Crippen LogP contribution in [0.3, 0.4) is 0 Å². The third kappa shape index (κ3) is 3.02. The number of hydrogen-bond donors (Lipinski definition) is 2. The van der Waals surface area contributed by atoms with Crippen LogP contribution in [0.2, 0.25) is 0 Å². The number of hydrogen-bond acceptors (Lipinski definition) is 4. The third-order valence-corrected chi connectivity index (χ3v) is 2.35. The zero-order valence-corrected chi connectivity index (χ0v) is 9.98. The van der Waals surface area contributed by atoms with E-state index in [2.05, 4.69) is 15.3 Å². The smallest absolute Gasteiger partial charge is 0.365 e. The molecule has 20 heavy (non-hydrogen) atoms. The van der Waals surface area contributed by atoms with E-state index in [1.165, 1.54) is 0 Å². The van der Waals surface area contributed by atoms with Crippen LogP contribution in [0.4, 0.5) is 24.8 Å². The molecule has 1 aromatic carbocycles. The van der Waals surface area contributed by atoms with E-state index in [0.29, 0.717) is 5.69 Å². The molecular formula is C12H9F3N4O. The van der Waals surface area contributed by atoms with Crippen LogP contribution < -0.4 is 11.1 Å². The largest absolute Gasteiger partial charge is 0.434 e. The summed E-state index contributed by atoms with van der Waals surface area (Å²) < 4.78 is 38.4. The topological polar surface area (TPSA) is 80.9 Å². The van der Waals surface area contributed by atoms with Crippen molar-refractivity contribution in [2.75, 3.05) is 5.32 Å². The molecule has 1 amide bonds. The van der Waals surface area contributed by atoms with Gasteiger partial charge in [-0.15, -0.1) is 0 Å². The van der Waals surface area contributed by atoms with E-state index in [1.54, 1.807) is 30.3 Å². The van der Waals surface area contributed by atoms with Gasteiger partial charge in [0.15, 0.2) is 5.69 Å². The van der Waals surface area contributed by atoms with Crippen LogP contribution in [0.25, 0.3) is 0 Å². The van der Waals surface area contributed by atoms with Gasteiger partial charge in [-0.2, -0.15) is 13.2 Å². The Balaban J connectivity index is 2.40. The van der Waals surface area contributed by atoms with Crippen LogP contribution in [0.15, 0.2) is 36.5 Å². The Kier molecular flexibility index (Phi) is 3.55. The molecule has 8 heteroatoms. The molecule has 0 fully saturated rings. The molecule has 0 bridgehead atoms. The van der Waals surface area contributed by atoms with Gasteiger partial charge in [-0.05, 0) is 12.1 Å². The lowest BCUT2D eigenvalue weighted by atomic mass is 10.2. The summed E-state index contributed by atoms with van der Waals surface area (Å²) in [6.45, 7) is 0. The molecule has 0 saturated carbocycles. The van der Waals surface area contributed by atoms with Gasteiger partial charge in [-0.1, -0.05) is 18.2 Å². The minimum Gasteiger partial charge on any atom is -0.365 e. The number of benzene rings is 1. The minimum atomic E-state index is -4.79. The number of primary amides is 1. The Morgan fingerprint density at radius 1 is 1.20 bits per heavy atom. The highest BCUT2D eigenvalue weighted by Gasteiger charge is 2.37. The number of para-hydroxylation sites is 1. The second kappa shape index (κ2) is 5.16. The van der Waals surface area contributed by atoms with E-state index in [1.807, 2.05) is 0 Å². The van der Waals surface area contributed by atoms with Crippen LogP contribution in [0.1, 0.15) is 16.1 Å². The number of nitrogens with zero attached hydrogens (tertiary/aromatic N) is 2. The average molecular weight is 282 g/mol. The Bertz CT molecular complexity index is 628. The summed E-state index contributed by atoms with van der Waals surface area (Å²) in [6.07, 6.45) is -4.04. The summed E-state index contributed by atoms with van der Waals surface area (Å²) in [5.74, 6) is -1.50. The van der Waals surface area contributed by atoms with Crippen molar-refractivity contribution in [3.05, 3.63) is 47.8 Å². The fourth-order valence-electron chi connectivity index (χ4n) is 1.49. The molecule has 1 heterocycles. The maximum absolute atomic E-state index is 12.8. The summed E-state index contributed by atoms with van der Waals surface area (Å²) in [6, 6.07) is 8.43. The van der Waals surface area contributed by atoms with Crippen molar-refractivity contribution in [1.29, 1.82) is 0 Å². The average Bonchev–Trinajstić information content (AvgIpc) is 2.38. The van der Waals surface area contributed by atoms with Crippen molar-refractivity contribution in [1.82, 2.24) is 9.97 Å². The lowest BCUT2D eigenvalue weighted by Gasteiger charge is -2.11. The highest BCUT2D eigenvalue weighted by atomic mass is 19.4. The van der Waals surface area contributed by atoms with Gasteiger partial charge in [-0.25, -0.2) is 9.97 Å². The van der Waals surface area contributed by atoms with Gasteiger partial charge in [0.2, 0.25) is 5.95 Å². The Morgan fingerprint density at radius 3 is 2.40 bits per heavy atom. The predicted octanol–water partition coefficient (Wildman–Crippen LogP) is 2.34. The number of amides is 1. The number of alkyl halides is 3. The molecule has 0 atom stereocenters. The summed E-state index contributed by atoms with van der Waals surface area (Å²) in [4.78, 5) is 17.9. The molecule has 2 rings (SSSR count). The number of halogens is 3. The van der Waals surface area contributed by atoms with Gasteiger partial charge in [0.1, 0.15) is 0 Å². The van der Waals surface area contributed by atoms with E-state index < -0.39 is 23.3 Å². The molecule has 3 N–H and O–H groups in total. The molecule has 1 aromatic heterocycles. The zero-order chi connectivity index (χ0) is 14.8.